The summed E-state index contributed by atoms with van der Waals surface area (Å²) in [5.74, 6) is 2.33. The third-order valence-electron chi connectivity index (χ3n) is 8.35. The van der Waals surface area contributed by atoms with Crippen LogP contribution in [0.2, 0.25) is 0 Å². The van der Waals surface area contributed by atoms with E-state index in [0.717, 1.165) is 31.1 Å². The summed E-state index contributed by atoms with van der Waals surface area (Å²) < 4.78 is 5.66. The summed E-state index contributed by atoms with van der Waals surface area (Å²) in [4.78, 5) is 0. The van der Waals surface area contributed by atoms with E-state index in [-0.39, 0.29) is 0 Å². The molecular weight excluding hydrogens is 284 g/mol. The Bertz CT molecular complexity index is 522. The van der Waals surface area contributed by atoms with Gasteiger partial charge in [-0.2, -0.15) is 0 Å². The molecule has 2 heteroatoms. The molecule has 4 rings (SSSR count). The molecule has 0 aliphatic heterocycles. The molecule has 4 aliphatic carbocycles. The molecule has 0 amide bonds. The van der Waals surface area contributed by atoms with Gasteiger partial charge in [-0.1, -0.05) is 25.5 Å². The van der Waals surface area contributed by atoms with Gasteiger partial charge >= 0.3 is 0 Å². The molecule has 4 aliphatic rings. The van der Waals surface area contributed by atoms with Crippen LogP contribution in [0.25, 0.3) is 0 Å². The lowest BCUT2D eigenvalue weighted by Crippen LogP contribution is -2.49. The maximum atomic E-state index is 10.7. The van der Waals surface area contributed by atoms with Crippen molar-refractivity contribution >= 4 is 0 Å². The fourth-order valence-electron chi connectivity index (χ4n) is 7.26. The number of methoxy groups -OCH3 is 1. The quantitative estimate of drug-likeness (QED) is 0.709. The van der Waals surface area contributed by atoms with Crippen LogP contribution < -0.4 is 0 Å². The van der Waals surface area contributed by atoms with Crippen molar-refractivity contribution in [2.24, 2.45) is 28.6 Å². The number of hydrogen-bond acceptors (Lipinski definition) is 2. The van der Waals surface area contributed by atoms with E-state index in [0.29, 0.717) is 22.9 Å². The SMILES string of the molecule is CO[C@H]1CC[C@@]2(C)C(=CC[C@H]3[C@@H]4C[C@](C)(O)C[C@@]4(C)CC[C@@H]32)C1. The predicted octanol–water partition coefficient (Wildman–Crippen LogP) is 4.72. The first-order valence-corrected chi connectivity index (χ1v) is 9.72. The summed E-state index contributed by atoms with van der Waals surface area (Å²) in [7, 11) is 1.87. The van der Waals surface area contributed by atoms with Crippen LogP contribution in [0.1, 0.15) is 72.1 Å². The summed E-state index contributed by atoms with van der Waals surface area (Å²) in [5.41, 5.74) is 2.02. The van der Waals surface area contributed by atoms with E-state index < -0.39 is 5.60 Å². The van der Waals surface area contributed by atoms with E-state index >= 15 is 0 Å². The first kappa shape index (κ1) is 16.1. The van der Waals surface area contributed by atoms with Gasteiger partial charge in [-0.15, -0.1) is 0 Å². The molecule has 1 N–H and O–H groups in total. The summed E-state index contributed by atoms with van der Waals surface area (Å²) in [6, 6.07) is 0. The molecule has 2 nitrogen and oxygen atoms in total. The third-order valence-corrected chi connectivity index (χ3v) is 8.35. The number of allylic oxidation sites excluding steroid dienone is 1. The van der Waals surface area contributed by atoms with E-state index in [1.165, 1.54) is 32.1 Å². The second-order valence-corrected chi connectivity index (χ2v) is 9.93. The van der Waals surface area contributed by atoms with Gasteiger partial charge in [0.15, 0.2) is 0 Å². The van der Waals surface area contributed by atoms with E-state index in [9.17, 15) is 5.11 Å². The second-order valence-electron chi connectivity index (χ2n) is 9.93. The Morgan fingerprint density at radius 1 is 1.13 bits per heavy atom. The van der Waals surface area contributed by atoms with Gasteiger partial charge in [-0.05, 0) is 86.9 Å². The largest absolute Gasteiger partial charge is 0.390 e. The normalized spacial score (nSPS) is 55.6. The van der Waals surface area contributed by atoms with Crippen LogP contribution in [0.15, 0.2) is 11.6 Å². The van der Waals surface area contributed by atoms with Crippen molar-refractivity contribution in [1.82, 2.24) is 0 Å². The minimum absolute atomic E-state index is 0.371. The first-order chi connectivity index (χ1) is 10.8. The lowest BCUT2D eigenvalue weighted by molar-refractivity contribution is -0.0409. The third kappa shape index (κ3) is 2.35. The summed E-state index contributed by atoms with van der Waals surface area (Å²) in [6.45, 7) is 7.07. The molecule has 0 aromatic heterocycles. The van der Waals surface area contributed by atoms with Crippen LogP contribution in [0.4, 0.5) is 0 Å². The molecule has 0 radical (unpaired) electrons. The molecule has 0 aromatic carbocycles. The van der Waals surface area contributed by atoms with Crippen molar-refractivity contribution in [3.8, 4) is 0 Å². The molecule has 0 spiro atoms. The molecule has 3 saturated carbocycles. The number of fused-ring (bicyclic) bond motifs is 5. The molecule has 3 fully saturated rings. The summed E-state index contributed by atoms with van der Waals surface area (Å²) >= 11 is 0. The fraction of sp³-hybridized carbons (Fsp3) is 0.905. The maximum absolute atomic E-state index is 10.7. The van der Waals surface area contributed by atoms with Crippen LogP contribution in [-0.4, -0.2) is 23.9 Å². The fourth-order valence-corrected chi connectivity index (χ4v) is 7.26. The van der Waals surface area contributed by atoms with Crippen molar-refractivity contribution < 1.29 is 9.84 Å². The first-order valence-electron chi connectivity index (χ1n) is 9.72. The zero-order valence-corrected chi connectivity index (χ0v) is 15.4. The molecule has 0 unspecified atom stereocenters. The van der Waals surface area contributed by atoms with Gasteiger partial charge in [0.25, 0.3) is 0 Å². The number of hydrogen-bond donors (Lipinski definition) is 1. The zero-order valence-electron chi connectivity index (χ0n) is 15.4. The topological polar surface area (TPSA) is 29.5 Å². The highest BCUT2D eigenvalue weighted by Gasteiger charge is 2.59. The Kier molecular flexibility index (Phi) is 3.57. The number of ether oxygens (including phenoxy) is 1. The number of aliphatic hydroxyl groups is 1. The lowest BCUT2D eigenvalue weighted by Gasteiger charge is -2.57. The standard InChI is InChI=1S/C21H34O2/c1-19-9-8-17-16(18(19)12-20(2,22)13-19)6-5-14-11-15(23-4)7-10-21(14,17)3/h5,15-18,22H,6-13H2,1-4H3/t15-,16+,17-,18-,19+,20-,21-/m0/s1. The average Bonchev–Trinajstić information content (AvgIpc) is 2.75. The Morgan fingerprint density at radius 2 is 1.91 bits per heavy atom. The predicted molar refractivity (Wildman–Crippen MR) is 93.1 cm³/mol. The number of rotatable bonds is 1. The van der Waals surface area contributed by atoms with Crippen LogP contribution in [-0.2, 0) is 4.74 Å². The molecule has 0 aromatic rings. The Morgan fingerprint density at radius 3 is 2.65 bits per heavy atom. The minimum atomic E-state index is -0.438. The monoisotopic (exact) mass is 318 g/mol. The zero-order chi connectivity index (χ0) is 16.5. The van der Waals surface area contributed by atoms with Crippen molar-refractivity contribution in [3.05, 3.63) is 11.6 Å². The van der Waals surface area contributed by atoms with Crippen LogP contribution in [0.3, 0.4) is 0 Å². The molecule has 7 atom stereocenters. The van der Waals surface area contributed by atoms with Gasteiger partial charge in [-0.25, -0.2) is 0 Å². The Hall–Kier alpha value is -0.340. The molecule has 0 saturated heterocycles. The van der Waals surface area contributed by atoms with Gasteiger partial charge in [-0.3, -0.25) is 0 Å². The highest BCUT2D eigenvalue weighted by atomic mass is 16.5. The van der Waals surface area contributed by atoms with E-state index in [4.69, 9.17) is 4.74 Å². The van der Waals surface area contributed by atoms with Crippen molar-refractivity contribution in [3.63, 3.8) is 0 Å². The average molecular weight is 319 g/mol. The van der Waals surface area contributed by atoms with E-state index in [1.54, 1.807) is 5.57 Å². The van der Waals surface area contributed by atoms with Crippen LogP contribution in [0.5, 0.6) is 0 Å². The Labute approximate surface area is 141 Å². The highest BCUT2D eigenvalue weighted by molar-refractivity contribution is 5.25. The van der Waals surface area contributed by atoms with Crippen LogP contribution >= 0.6 is 0 Å². The van der Waals surface area contributed by atoms with Gasteiger partial charge in [0.2, 0.25) is 0 Å². The van der Waals surface area contributed by atoms with Crippen molar-refractivity contribution in [2.75, 3.05) is 7.11 Å². The van der Waals surface area contributed by atoms with Crippen LogP contribution in [0, 0.1) is 28.6 Å². The smallest absolute Gasteiger partial charge is 0.0628 e. The molecule has 23 heavy (non-hydrogen) atoms. The molecule has 0 bridgehead atoms. The minimum Gasteiger partial charge on any atom is -0.390 e. The van der Waals surface area contributed by atoms with Crippen molar-refractivity contribution in [2.45, 2.75) is 83.8 Å². The lowest BCUT2D eigenvalue weighted by atomic mass is 9.48. The molecule has 0 heterocycles. The highest BCUT2D eigenvalue weighted by Crippen LogP contribution is 2.66. The van der Waals surface area contributed by atoms with Crippen molar-refractivity contribution in [1.29, 1.82) is 0 Å². The van der Waals surface area contributed by atoms with Gasteiger partial charge in [0, 0.05) is 7.11 Å². The van der Waals surface area contributed by atoms with E-state index in [1.807, 2.05) is 7.11 Å². The van der Waals surface area contributed by atoms with Gasteiger partial charge < -0.3 is 9.84 Å². The van der Waals surface area contributed by atoms with Gasteiger partial charge in [0.05, 0.1) is 11.7 Å². The maximum Gasteiger partial charge on any atom is 0.0628 e. The Balaban J connectivity index is 1.65. The van der Waals surface area contributed by atoms with E-state index in [2.05, 4.69) is 26.8 Å². The second kappa shape index (κ2) is 5.08. The van der Waals surface area contributed by atoms with Gasteiger partial charge in [0.1, 0.15) is 0 Å². The molecule has 130 valence electrons. The summed E-state index contributed by atoms with van der Waals surface area (Å²) in [5, 5.41) is 10.7. The molecular formula is C21H34O2. The summed E-state index contributed by atoms with van der Waals surface area (Å²) in [6.07, 6.45) is 12.6.